The van der Waals surface area contributed by atoms with Crippen LogP contribution in [0.2, 0.25) is 5.02 Å². The predicted octanol–water partition coefficient (Wildman–Crippen LogP) is 2.39. The number of amides is 3. The van der Waals surface area contributed by atoms with Crippen LogP contribution in [-0.4, -0.2) is 41.7 Å². The first kappa shape index (κ1) is 19.4. The smallest absolute Gasteiger partial charge is 0.308 e. The molecule has 1 aromatic carbocycles. The third-order valence-corrected chi connectivity index (χ3v) is 5.22. The number of anilines is 1. The third kappa shape index (κ3) is 4.66. The summed E-state index contributed by atoms with van der Waals surface area (Å²) < 4.78 is 4.92. The number of likely N-dealkylation sites (tertiary alicyclic amines) is 1. The van der Waals surface area contributed by atoms with Crippen molar-refractivity contribution in [1.29, 1.82) is 0 Å². The van der Waals surface area contributed by atoms with Crippen molar-refractivity contribution in [2.75, 3.05) is 18.5 Å². The standard InChI is InChI=1S/C19H21ClN2O5/c20-12-5-7-13(8-6-12)21-16(23)11-27-17(24)9-10-22-18(25)14-3-1-2-4-15(14)19(22)26/h5-8,14-15H,1-4,9-11H2,(H,21,23)/t14-,15-/m0/s1. The van der Waals surface area contributed by atoms with Crippen molar-refractivity contribution in [3.63, 3.8) is 0 Å². The Hall–Kier alpha value is -2.41. The number of benzene rings is 1. The predicted molar refractivity (Wildman–Crippen MR) is 97.8 cm³/mol. The summed E-state index contributed by atoms with van der Waals surface area (Å²) in [6.07, 6.45) is 3.27. The molecule has 8 heteroatoms. The molecular weight excluding hydrogens is 372 g/mol. The van der Waals surface area contributed by atoms with Gasteiger partial charge in [-0.05, 0) is 37.1 Å². The summed E-state index contributed by atoms with van der Waals surface area (Å²) >= 11 is 5.77. The van der Waals surface area contributed by atoms with Crippen molar-refractivity contribution in [3.05, 3.63) is 29.3 Å². The van der Waals surface area contributed by atoms with Crippen molar-refractivity contribution >= 4 is 41.0 Å². The van der Waals surface area contributed by atoms with Crippen molar-refractivity contribution in [2.45, 2.75) is 32.1 Å². The second kappa shape index (κ2) is 8.52. The van der Waals surface area contributed by atoms with Crippen LogP contribution >= 0.6 is 11.6 Å². The highest BCUT2D eigenvalue weighted by Crippen LogP contribution is 2.37. The molecule has 1 aromatic rings. The van der Waals surface area contributed by atoms with Gasteiger partial charge in [-0.25, -0.2) is 0 Å². The molecule has 27 heavy (non-hydrogen) atoms. The summed E-state index contributed by atoms with van der Waals surface area (Å²) in [4.78, 5) is 49.5. The average Bonchev–Trinajstić information content (AvgIpc) is 2.91. The minimum absolute atomic E-state index is 0.00229. The number of imide groups is 1. The van der Waals surface area contributed by atoms with Gasteiger partial charge in [-0.2, -0.15) is 0 Å². The van der Waals surface area contributed by atoms with Crippen molar-refractivity contribution in [3.8, 4) is 0 Å². The first-order valence-electron chi connectivity index (χ1n) is 9.02. The van der Waals surface area contributed by atoms with E-state index in [9.17, 15) is 19.2 Å². The van der Waals surface area contributed by atoms with Crippen molar-refractivity contribution < 1.29 is 23.9 Å². The molecule has 0 spiro atoms. The number of carbonyl (C=O) groups is 4. The van der Waals surface area contributed by atoms with Gasteiger partial charge < -0.3 is 10.1 Å². The number of hydrogen-bond acceptors (Lipinski definition) is 5. The van der Waals surface area contributed by atoms with Gasteiger partial charge in [-0.1, -0.05) is 24.4 Å². The molecular formula is C19H21ClN2O5. The summed E-state index contributed by atoms with van der Waals surface area (Å²) in [5, 5.41) is 3.12. The van der Waals surface area contributed by atoms with Gasteiger partial charge in [0, 0.05) is 17.3 Å². The fraction of sp³-hybridized carbons (Fsp3) is 0.474. The van der Waals surface area contributed by atoms with Gasteiger partial charge in [0.15, 0.2) is 6.61 Å². The Bertz CT molecular complexity index is 725. The maximum atomic E-state index is 12.3. The first-order chi connectivity index (χ1) is 13.0. The zero-order valence-electron chi connectivity index (χ0n) is 14.8. The Kier molecular flexibility index (Phi) is 6.11. The van der Waals surface area contributed by atoms with E-state index in [2.05, 4.69) is 5.32 Å². The number of carbonyl (C=O) groups excluding carboxylic acids is 4. The van der Waals surface area contributed by atoms with Crippen LogP contribution in [0.15, 0.2) is 24.3 Å². The molecule has 3 amide bonds. The lowest BCUT2D eigenvalue weighted by Crippen LogP contribution is -2.33. The Labute approximate surface area is 162 Å². The number of esters is 1. The van der Waals surface area contributed by atoms with Crippen LogP contribution < -0.4 is 5.32 Å². The summed E-state index contributed by atoms with van der Waals surface area (Å²) in [7, 11) is 0. The van der Waals surface area contributed by atoms with E-state index < -0.39 is 18.5 Å². The van der Waals surface area contributed by atoms with Crippen molar-refractivity contribution in [1.82, 2.24) is 4.90 Å². The minimum atomic E-state index is -0.628. The number of nitrogens with one attached hydrogen (secondary N) is 1. The molecule has 7 nitrogen and oxygen atoms in total. The highest BCUT2D eigenvalue weighted by Gasteiger charge is 2.47. The van der Waals surface area contributed by atoms with Gasteiger partial charge in [0.05, 0.1) is 18.3 Å². The largest absolute Gasteiger partial charge is 0.456 e. The quantitative estimate of drug-likeness (QED) is 0.592. The van der Waals surface area contributed by atoms with E-state index in [1.807, 2.05) is 0 Å². The lowest BCUT2D eigenvalue weighted by atomic mass is 9.81. The highest BCUT2D eigenvalue weighted by atomic mass is 35.5. The van der Waals surface area contributed by atoms with Crippen LogP contribution in [0.4, 0.5) is 5.69 Å². The van der Waals surface area contributed by atoms with E-state index in [-0.39, 0.29) is 36.6 Å². The fourth-order valence-electron chi connectivity index (χ4n) is 3.60. The molecule has 1 N–H and O–H groups in total. The SMILES string of the molecule is O=C(COC(=O)CCN1C(=O)[C@H]2CCCC[C@@H]2C1=O)Nc1ccc(Cl)cc1. The minimum Gasteiger partial charge on any atom is -0.456 e. The monoisotopic (exact) mass is 392 g/mol. The lowest BCUT2D eigenvalue weighted by Gasteiger charge is -2.19. The molecule has 0 radical (unpaired) electrons. The van der Waals surface area contributed by atoms with E-state index in [1.54, 1.807) is 24.3 Å². The molecule has 2 atom stereocenters. The molecule has 0 unspecified atom stereocenters. The fourth-order valence-corrected chi connectivity index (χ4v) is 3.73. The van der Waals surface area contributed by atoms with E-state index in [0.29, 0.717) is 10.7 Å². The van der Waals surface area contributed by atoms with E-state index in [0.717, 1.165) is 25.7 Å². The van der Waals surface area contributed by atoms with Gasteiger partial charge >= 0.3 is 5.97 Å². The summed E-state index contributed by atoms with van der Waals surface area (Å²) in [6, 6.07) is 6.52. The molecule has 0 bridgehead atoms. The Morgan fingerprint density at radius 2 is 1.67 bits per heavy atom. The molecule has 1 saturated heterocycles. The summed E-state index contributed by atoms with van der Waals surface area (Å²) in [6.45, 7) is -0.434. The van der Waals surface area contributed by atoms with Crippen LogP contribution in [-0.2, 0) is 23.9 Å². The van der Waals surface area contributed by atoms with Gasteiger partial charge in [0.25, 0.3) is 5.91 Å². The molecule has 1 aliphatic carbocycles. The number of rotatable bonds is 6. The molecule has 1 saturated carbocycles. The maximum absolute atomic E-state index is 12.3. The molecule has 3 rings (SSSR count). The number of fused-ring (bicyclic) bond motifs is 1. The van der Waals surface area contributed by atoms with E-state index in [4.69, 9.17) is 16.3 Å². The van der Waals surface area contributed by atoms with Gasteiger partial charge in [-0.3, -0.25) is 24.1 Å². The van der Waals surface area contributed by atoms with Crippen LogP contribution in [0, 0.1) is 11.8 Å². The Balaban J connectivity index is 1.42. The average molecular weight is 393 g/mol. The molecule has 2 aliphatic rings. The highest BCUT2D eigenvalue weighted by molar-refractivity contribution is 6.30. The molecule has 2 fully saturated rings. The number of nitrogens with zero attached hydrogens (tertiary/aromatic N) is 1. The zero-order chi connectivity index (χ0) is 19.4. The Morgan fingerprint density at radius 1 is 1.07 bits per heavy atom. The maximum Gasteiger partial charge on any atom is 0.308 e. The van der Waals surface area contributed by atoms with Gasteiger partial charge in [-0.15, -0.1) is 0 Å². The zero-order valence-corrected chi connectivity index (χ0v) is 15.5. The first-order valence-corrected chi connectivity index (χ1v) is 9.40. The normalized spacial score (nSPS) is 21.7. The molecule has 144 valence electrons. The molecule has 1 heterocycles. The Morgan fingerprint density at radius 3 is 2.26 bits per heavy atom. The summed E-state index contributed by atoms with van der Waals surface area (Å²) in [5.41, 5.74) is 0.538. The van der Waals surface area contributed by atoms with Crippen LogP contribution in [0.1, 0.15) is 32.1 Å². The number of ether oxygens (including phenoxy) is 1. The third-order valence-electron chi connectivity index (χ3n) is 4.96. The van der Waals surface area contributed by atoms with Crippen LogP contribution in [0.5, 0.6) is 0 Å². The number of halogens is 1. The van der Waals surface area contributed by atoms with Gasteiger partial charge in [0.2, 0.25) is 11.8 Å². The lowest BCUT2D eigenvalue weighted by molar-refractivity contribution is -0.148. The second-order valence-corrected chi connectivity index (χ2v) is 7.23. The van der Waals surface area contributed by atoms with Crippen LogP contribution in [0.3, 0.4) is 0 Å². The summed E-state index contributed by atoms with van der Waals surface area (Å²) in [5.74, 6) is -1.93. The molecule has 0 aromatic heterocycles. The second-order valence-electron chi connectivity index (χ2n) is 6.79. The van der Waals surface area contributed by atoms with Crippen molar-refractivity contribution in [2.24, 2.45) is 11.8 Å². The number of hydrogen-bond donors (Lipinski definition) is 1. The molecule has 1 aliphatic heterocycles. The van der Waals surface area contributed by atoms with E-state index >= 15 is 0 Å². The topological polar surface area (TPSA) is 92.8 Å². The van der Waals surface area contributed by atoms with Gasteiger partial charge in [0.1, 0.15) is 0 Å². The van der Waals surface area contributed by atoms with E-state index in [1.165, 1.54) is 4.90 Å². The van der Waals surface area contributed by atoms with Crippen LogP contribution in [0.25, 0.3) is 0 Å².